The van der Waals surface area contributed by atoms with Gasteiger partial charge in [0.15, 0.2) is 0 Å². The quantitative estimate of drug-likeness (QED) is 0.556. The molecule has 8 heteroatoms. The van der Waals surface area contributed by atoms with Crippen LogP contribution in [0.3, 0.4) is 0 Å². The lowest BCUT2D eigenvalue weighted by Gasteiger charge is -2.32. The first kappa shape index (κ1) is 25.9. The van der Waals surface area contributed by atoms with Crippen molar-refractivity contribution in [2.45, 2.75) is 95.7 Å². The third-order valence-corrected chi connectivity index (χ3v) is 7.82. The minimum absolute atomic E-state index is 0.177. The monoisotopic (exact) mass is 484 g/mol. The third kappa shape index (κ3) is 6.33. The van der Waals surface area contributed by atoms with Gasteiger partial charge in [-0.15, -0.1) is 0 Å². The molecule has 2 aliphatic rings. The predicted octanol–water partition coefficient (Wildman–Crippen LogP) is 4.17. The van der Waals surface area contributed by atoms with Gasteiger partial charge in [0.25, 0.3) is 0 Å². The summed E-state index contributed by atoms with van der Waals surface area (Å²) >= 11 is 0. The van der Waals surface area contributed by atoms with Gasteiger partial charge in [0.1, 0.15) is 5.65 Å². The molecule has 1 saturated carbocycles. The Kier molecular flexibility index (Phi) is 8.65. The van der Waals surface area contributed by atoms with Crippen LogP contribution in [0.5, 0.6) is 0 Å². The Morgan fingerprint density at radius 2 is 1.91 bits per heavy atom. The zero-order chi connectivity index (χ0) is 24.9. The van der Waals surface area contributed by atoms with Gasteiger partial charge in [-0.3, -0.25) is 4.79 Å². The van der Waals surface area contributed by atoms with Crippen LogP contribution in [-0.2, 0) is 4.79 Å². The minimum atomic E-state index is -0.177. The number of amides is 1. The maximum Gasteiger partial charge on any atom is 0.224 e. The second-order valence-electron chi connectivity index (χ2n) is 10.9. The Morgan fingerprint density at radius 3 is 2.57 bits per heavy atom. The van der Waals surface area contributed by atoms with Gasteiger partial charge in [0.05, 0.1) is 6.10 Å². The van der Waals surface area contributed by atoms with Gasteiger partial charge in [-0.2, -0.15) is 4.98 Å². The van der Waals surface area contributed by atoms with Crippen LogP contribution in [-0.4, -0.2) is 81.2 Å². The maximum absolute atomic E-state index is 12.6. The SMILES string of the molecule is CCCC(C)Nc1ncc2c(C3CCN(C(=O)CCN(C)C)CC3)cn(C3CCC(O)CC3)c2n1. The fourth-order valence-corrected chi connectivity index (χ4v) is 5.71. The van der Waals surface area contributed by atoms with E-state index in [4.69, 9.17) is 9.97 Å². The summed E-state index contributed by atoms with van der Waals surface area (Å²) in [6.07, 6.45) is 12.5. The molecule has 1 unspecified atom stereocenters. The van der Waals surface area contributed by atoms with Crippen molar-refractivity contribution in [3.63, 3.8) is 0 Å². The molecule has 35 heavy (non-hydrogen) atoms. The van der Waals surface area contributed by atoms with Crippen LogP contribution < -0.4 is 5.32 Å². The molecule has 1 amide bonds. The number of fused-ring (bicyclic) bond motifs is 1. The molecule has 0 radical (unpaired) electrons. The van der Waals surface area contributed by atoms with Crippen molar-refractivity contribution in [1.29, 1.82) is 0 Å². The fourth-order valence-electron chi connectivity index (χ4n) is 5.71. The zero-order valence-electron chi connectivity index (χ0n) is 22.0. The summed E-state index contributed by atoms with van der Waals surface area (Å²) in [6.45, 7) is 6.80. The molecule has 1 saturated heterocycles. The van der Waals surface area contributed by atoms with Gasteiger partial charge >= 0.3 is 0 Å². The number of piperidine rings is 1. The number of aliphatic hydroxyl groups excluding tert-OH is 1. The third-order valence-electron chi connectivity index (χ3n) is 7.82. The standard InChI is InChI=1S/C27H44N6O2/c1-5-6-19(2)29-27-28-17-23-24(18-33(26(23)30-27)21-7-9-22(34)10-8-21)20-11-15-32(16-12-20)25(35)13-14-31(3)4/h17-22,34H,5-16H2,1-4H3,(H,28,29,30). The van der Waals surface area contributed by atoms with E-state index in [2.05, 4.69) is 34.8 Å². The normalized spacial score (nSPS) is 22.6. The van der Waals surface area contributed by atoms with Crippen LogP contribution in [0.15, 0.2) is 12.4 Å². The Morgan fingerprint density at radius 1 is 1.20 bits per heavy atom. The lowest BCUT2D eigenvalue weighted by atomic mass is 9.89. The van der Waals surface area contributed by atoms with E-state index < -0.39 is 0 Å². The molecular formula is C27H44N6O2. The topological polar surface area (TPSA) is 86.5 Å². The summed E-state index contributed by atoms with van der Waals surface area (Å²) < 4.78 is 2.36. The predicted molar refractivity (Wildman–Crippen MR) is 141 cm³/mol. The van der Waals surface area contributed by atoms with Crippen LogP contribution in [0.1, 0.15) is 89.2 Å². The van der Waals surface area contributed by atoms with E-state index in [1.165, 1.54) is 5.56 Å². The molecule has 194 valence electrons. The molecule has 2 fully saturated rings. The van der Waals surface area contributed by atoms with Crippen LogP contribution in [0.4, 0.5) is 5.95 Å². The minimum Gasteiger partial charge on any atom is -0.393 e. The number of nitrogens with zero attached hydrogens (tertiary/aromatic N) is 5. The summed E-state index contributed by atoms with van der Waals surface area (Å²) in [5, 5.41) is 14.7. The molecule has 3 heterocycles. The van der Waals surface area contributed by atoms with Gasteiger partial charge < -0.3 is 24.8 Å². The number of carbonyl (C=O) groups excluding carboxylic acids is 1. The van der Waals surface area contributed by atoms with Crippen molar-refractivity contribution in [3.05, 3.63) is 18.0 Å². The number of hydrogen-bond donors (Lipinski definition) is 2. The molecule has 2 N–H and O–H groups in total. The molecule has 2 aromatic rings. The number of nitrogens with one attached hydrogen (secondary N) is 1. The summed E-state index contributed by atoms with van der Waals surface area (Å²) in [4.78, 5) is 26.4. The van der Waals surface area contributed by atoms with Crippen LogP contribution in [0, 0.1) is 0 Å². The lowest BCUT2D eigenvalue weighted by molar-refractivity contribution is -0.132. The Hall–Kier alpha value is -2.19. The fraction of sp³-hybridized carbons (Fsp3) is 0.741. The van der Waals surface area contributed by atoms with E-state index >= 15 is 0 Å². The highest BCUT2D eigenvalue weighted by Crippen LogP contribution is 2.38. The van der Waals surface area contributed by atoms with E-state index in [1.54, 1.807) is 0 Å². The molecule has 2 aromatic heterocycles. The summed E-state index contributed by atoms with van der Waals surface area (Å²) in [7, 11) is 4.02. The number of aromatic nitrogens is 3. The summed E-state index contributed by atoms with van der Waals surface area (Å²) in [5.74, 6) is 1.37. The Bertz CT molecular complexity index is 973. The number of carbonyl (C=O) groups is 1. The van der Waals surface area contributed by atoms with Crippen molar-refractivity contribution in [2.75, 3.05) is 39.0 Å². The largest absolute Gasteiger partial charge is 0.393 e. The lowest BCUT2D eigenvalue weighted by Crippen LogP contribution is -2.39. The number of hydrogen-bond acceptors (Lipinski definition) is 6. The van der Waals surface area contributed by atoms with E-state index in [-0.39, 0.29) is 12.0 Å². The average molecular weight is 485 g/mol. The van der Waals surface area contributed by atoms with Gasteiger partial charge in [-0.05, 0) is 77.4 Å². The number of aliphatic hydroxyl groups is 1. The average Bonchev–Trinajstić information content (AvgIpc) is 3.22. The molecule has 4 rings (SSSR count). The van der Waals surface area contributed by atoms with Gasteiger partial charge in [-0.1, -0.05) is 13.3 Å². The van der Waals surface area contributed by atoms with Crippen molar-refractivity contribution < 1.29 is 9.90 Å². The number of rotatable bonds is 9. The molecule has 1 atom stereocenters. The number of anilines is 1. The zero-order valence-corrected chi connectivity index (χ0v) is 22.0. The molecule has 0 spiro atoms. The first-order valence-electron chi connectivity index (χ1n) is 13.6. The molecule has 0 aromatic carbocycles. The van der Waals surface area contributed by atoms with Crippen molar-refractivity contribution in [1.82, 2.24) is 24.3 Å². The highest BCUT2D eigenvalue weighted by atomic mass is 16.3. The molecule has 1 aliphatic heterocycles. The maximum atomic E-state index is 12.6. The summed E-state index contributed by atoms with van der Waals surface area (Å²) in [5.41, 5.74) is 2.33. The highest BCUT2D eigenvalue weighted by molar-refractivity contribution is 5.82. The van der Waals surface area contributed by atoms with E-state index in [9.17, 15) is 9.90 Å². The van der Waals surface area contributed by atoms with Crippen LogP contribution in [0.2, 0.25) is 0 Å². The second-order valence-corrected chi connectivity index (χ2v) is 10.9. The van der Waals surface area contributed by atoms with Crippen molar-refractivity contribution in [3.8, 4) is 0 Å². The van der Waals surface area contributed by atoms with Crippen LogP contribution in [0.25, 0.3) is 11.0 Å². The first-order chi connectivity index (χ1) is 16.9. The second kappa shape index (κ2) is 11.7. The smallest absolute Gasteiger partial charge is 0.224 e. The van der Waals surface area contributed by atoms with Gasteiger partial charge in [0, 0.05) is 55.9 Å². The van der Waals surface area contributed by atoms with E-state index in [0.717, 1.165) is 82.0 Å². The van der Waals surface area contributed by atoms with Crippen LogP contribution >= 0.6 is 0 Å². The molecule has 8 nitrogen and oxygen atoms in total. The Labute approximate surface area is 210 Å². The van der Waals surface area contributed by atoms with E-state index in [0.29, 0.717) is 30.4 Å². The molecule has 0 bridgehead atoms. The Balaban J connectivity index is 1.55. The highest BCUT2D eigenvalue weighted by Gasteiger charge is 2.29. The molecule has 1 aliphatic carbocycles. The number of likely N-dealkylation sites (tertiary alicyclic amines) is 1. The van der Waals surface area contributed by atoms with Gasteiger partial charge in [-0.25, -0.2) is 4.98 Å². The summed E-state index contributed by atoms with van der Waals surface area (Å²) in [6, 6.07) is 0.692. The van der Waals surface area contributed by atoms with Crippen molar-refractivity contribution in [2.24, 2.45) is 0 Å². The van der Waals surface area contributed by atoms with Crippen molar-refractivity contribution >= 4 is 22.9 Å². The van der Waals surface area contributed by atoms with Gasteiger partial charge in [0.2, 0.25) is 11.9 Å². The van der Waals surface area contributed by atoms with E-state index in [1.807, 2.05) is 25.2 Å². The first-order valence-corrected chi connectivity index (χ1v) is 13.6. The molecular weight excluding hydrogens is 440 g/mol.